The maximum atomic E-state index is 12.9. The highest BCUT2D eigenvalue weighted by Gasteiger charge is 2.17. The van der Waals surface area contributed by atoms with Gasteiger partial charge in [-0.05, 0) is 42.3 Å². The van der Waals surface area contributed by atoms with Gasteiger partial charge in [0.15, 0.2) is 0 Å². The Balaban J connectivity index is 1.91. The van der Waals surface area contributed by atoms with Crippen LogP contribution in [0.2, 0.25) is 0 Å². The zero-order valence-corrected chi connectivity index (χ0v) is 12.1. The van der Waals surface area contributed by atoms with Crippen LogP contribution in [0.15, 0.2) is 48.5 Å². The molecule has 0 fully saturated rings. The highest BCUT2D eigenvalue weighted by molar-refractivity contribution is 5.26. The van der Waals surface area contributed by atoms with E-state index in [4.69, 9.17) is 9.47 Å². The lowest BCUT2D eigenvalue weighted by molar-refractivity contribution is -0.0364. The summed E-state index contributed by atoms with van der Waals surface area (Å²) in [6.45, 7) is 2.18. The molecule has 21 heavy (non-hydrogen) atoms. The van der Waals surface area contributed by atoms with Crippen LogP contribution in [0.1, 0.15) is 24.2 Å². The topological polar surface area (TPSA) is 38.7 Å². The molecule has 2 rings (SSSR count). The molecule has 0 spiro atoms. The molecule has 2 aromatic rings. The normalized spacial score (nSPS) is 13.7. The van der Waals surface area contributed by atoms with E-state index in [1.807, 2.05) is 24.3 Å². The number of halogens is 1. The highest BCUT2D eigenvalue weighted by Crippen LogP contribution is 2.21. The first-order valence-electron chi connectivity index (χ1n) is 6.78. The van der Waals surface area contributed by atoms with Gasteiger partial charge in [-0.2, -0.15) is 0 Å². The minimum Gasteiger partial charge on any atom is -0.497 e. The third-order valence-electron chi connectivity index (χ3n) is 3.33. The van der Waals surface area contributed by atoms with Crippen LogP contribution in [-0.4, -0.2) is 18.3 Å². The lowest BCUT2D eigenvalue weighted by Crippen LogP contribution is -2.18. The molecule has 0 bridgehead atoms. The van der Waals surface area contributed by atoms with Crippen LogP contribution in [0.4, 0.5) is 4.39 Å². The summed E-state index contributed by atoms with van der Waals surface area (Å²) in [5, 5.41) is 10.2. The zero-order valence-electron chi connectivity index (χ0n) is 12.1. The van der Waals surface area contributed by atoms with Crippen molar-refractivity contribution in [3.63, 3.8) is 0 Å². The molecular formula is C17H19FO3. The number of aliphatic hydroxyl groups excluding tert-OH is 1. The van der Waals surface area contributed by atoms with Gasteiger partial charge in [0.05, 0.1) is 19.8 Å². The second-order valence-electron chi connectivity index (χ2n) is 4.86. The Bertz CT molecular complexity index is 551. The predicted octanol–water partition coefficient (Wildman–Crippen LogP) is 3.47. The molecular weight excluding hydrogens is 271 g/mol. The molecule has 0 heterocycles. The van der Waals surface area contributed by atoms with Crippen molar-refractivity contribution in [1.29, 1.82) is 0 Å². The summed E-state index contributed by atoms with van der Waals surface area (Å²) in [6, 6.07) is 13.3. The molecule has 1 N–H and O–H groups in total. The molecule has 3 nitrogen and oxygen atoms in total. The third-order valence-corrected chi connectivity index (χ3v) is 3.33. The Morgan fingerprint density at radius 1 is 1.05 bits per heavy atom. The minimum atomic E-state index is -0.788. The lowest BCUT2D eigenvalue weighted by atomic mass is 10.1. The Labute approximate surface area is 124 Å². The summed E-state index contributed by atoms with van der Waals surface area (Å²) in [7, 11) is 1.62. The Kier molecular flexibility index (Phi) is 5.31. The summed E-state index contributed by atoms with van der Waals surface area (Å²) < 4.78 is 23.6. The standard InChI is InChI=1S/C17H19FO3/c1-12(17(19)14-5-7-15(18)8-6-14)21-11-13-3-9-16(20-2)10-4-13/h3-10,12,17,19H,11H2,1-2H3. The van der Waals surface area contributed by atoms with E-state index in [1.165, 1.54) is 12.1 Å². The molecule has 112 valence electrons. The number of rotatable bonds is 6. The molecule has 0 amide bonds. The smallest absolute Gasteiger partial charge is 0.123 e. The van der Waals surface area contributed by atoms with Gasteiger partial charge in [-0.1, -0.05) is 24.3 Å². The first-order chi connectivity index (χ1) is 10.1. The number of aliphatic hydroxyl groups is 1. The van der Waals surface area contributed by atoms with Gasteiger partial charge >= 0.3 is 0 Å². The van der Waals surface area contributed by atoms with Crippen molar-refractivity contribution < 1.29 is 19.0 Å². The van der Waals surface area contributed by atoms with Gasteiger partial charge < -0.3 is 14.6 Å². The monoisotopic (exact) mass is 290 g/mol. The second kappa shape index (κ2) is 7.20. The number of hydrogen-bond acceptors (Lipinski definition) is 3. The predicted molar refractivity (Wildman–Crippen MR) is 78.6 cm³/mol. The highest BCUT2D eigenvalue weighted by atomic mass is 19.1. The molecule has 0 saturated carbocycles. The van der Waals surface area contributed by atoms with E-state index < -0.39 is 12.2 Å². The Hall–Kier alpha value is -1.91. The quantitative estimate of drug-likeness (QED) is 0.885. The molecule has 0 radical (unpaired) electrons. The van der Waals surface area contributed by atoms with Gasteiger partial charge in [-0.3, -0.25) is 0 Å². The number of ether oxygens (including phenoxy) is 2. The third kappa shape index (κ3) is 4.28. The number of benzene rings is 2. The van der Waals surface area contributed by atoms with E-state index in [0.29, 0.717) is 12.2 Å². The van der Waals surface area contributed by atoms with Gasteiger partial charge in [0.1, 0.15) is 17.7 Å². The van der Waals surface area contributed by atoms with E-state index in [1.54, 1.807) is 26.2 Å². The molecule has 0 aliphatic heterocycles. The van der Waals surface area contributed by atoms with Gasteiger partial charge in [0.25, 0.3) is 0 Å². The fourth-order valence-electron chi connectivity index (χ4n) is 1.97. The van der Waals surface area contributed by atoms with Crippen molar-refractivity contribution in [1.82, 2.24) is 0 Å². The van der Waals surface area contributed by atoms with Crippen LogP contribution in [0.25, 0.3) is 0 Å². The van der Waals surface area contributed by atoms with E-state index in [2.05, 4.69) is 0 Å². The fraction of sp³-hybridized carbons (Fsp3) is 0.294. The average Bonchev–Trinajstić information content (AvgIpc) is 2.53. The Morgan fingerprint density at radius 3 is 2.24 bits per heavy atom. The number of hydrogen-bond donors (Lipinski definition) is 1. The molecule has 2 aromatic carbocycles. The molecule has 4 heteroatoms. The molecule has 0 aromatic heterocycles. The maximum absolute atomic E-state index is 12.9. The van der Waals surface area contributed by atoms with Gasteiger partial charge in [0.2, 0.25) is 0 Å². The van der Waals surface area contributed by atoms with Crippen molar-refractivity contribution in [2.24, 2.45) is 0 Å². The van der Waals surface area contributed by atoms with Gasteiger partial charge in [-0.15, -0.1) is 0 Å². The first-order valence-corrected chi connectivity index (χ1v) is 6.78. The van der Waals surface area contributed by atoms with Gasteiger partial charge in [-0.25, -0.2) is 4.39 Å². The first kappa shape index (κ1) is 15.5. The van der Waals surface area contributed by atoms with Crippen molar-refractivity contribution in [3.05, 3.63) is 65.5 Å². The second-order valence-corrected chi connectivity index (χ2v) is 4.86. The van der Waals surface area contributed by atoms with E-state index in [9.17, 15) is 9.50 Å². The summed E-state index contributed by atoms with van der Waals surface area (Å²) >= 11 is 0. The van der Waals surface area contributed by atoms with Crippen molar-refractivity contribution >= 4 is 0 Å². The molecule has 0 aliphatic rings. The zero-order chi connectivity index (χ0) is 15.2. The average molecular weight is 290 g/mol. The SMILES string of the molecule is COc1ccc(COC(C)C(O)c2ccc(F)cc2)cc1. The summed E-state index contributed by atoms with van der Waals surface area (Å²) in [6.07, 6.45) is -1.18. The number of methoxy groups -OCH3 is 1. The largest absolute Gasteiger partial charge is 0.497 e. The van der Waals surface area contributed by atoms with Crippen LogP contribution >= 0.6 is 0 Å². The summed E-state index contributed by atoms with van der Waals surface area (Å²) in [5.74, 6) is 0.468. The van der Waals surface area contributed by atoms with Crippen molar-refractivity contribution in [2.45, 2.75) is 25.7 Å². The van der Waals surface area contributed by atoms with Gasteiger partial charge in [0, 0.05) is 0 Å². The molecule has 0 aliphatic carbocycles. The maximum Gasteiger partial charge on any atom is 0.123 e. The minimum absolute atomic E-state index is 0.322. The lowest BCUT2D eigenvalue weighted by Gasteiger charge is -2.20. The van der Waals surface area contributed by atoms with Crippen LogP contribution in [0.3, 0.4) is 0 Å². The van der Waals surface area contributed by atoms with Crippen molar-refractivity contribution in [3.8, 4) is 5.75 Å². The van der Waals surface area contributed by atoms with Crippen LogP contribution in [0.5, 0.6) is 5.75 Å². The van der Waals surface area contributed by atoms with E-state index >= 15 is 0 Å². The fourth-order valence-corrected chi connectivity index (χ4v) is 1.97. The van der Waals surface area contributed by atoms with E-state index in [-0.39, 0.29) is 5.82 Å². The summed E-state index contributed by atoms with van der Waals surface area (Å²) in [5.41, 5.74) is 1.63. The molecule has 2 unspecified atom stereocenters. The van der Waals surface area contributed by atoms with Crippen LogP contribution in [-0.2, 0) is 11.3 Å². The van der Waals surface area contributed by atoms with E-state index in [0.717, 1.165) is 11.3 Å². The Morgan fingerprint density at radius 2 is 1.67 bits per heavy atom. The van der Waals surface area contributed by atoms with Crippen molar-refractivity contribution in [2.75, 3.05) is 7.11 Å². The molecule has 2 atom stereocenters. The van der Waals surface area contributed by atoms with Crippen LogP contribution < -0.4 is 4.74 Å². The summed E-state index contributed by atoms with van der Waals surface area (Å²) in [4.78, 5) is 0. The molecule has 0 saturated heterocycles. The van der Waals surface area contributed by atoms with Crippen LogP contribution in [0, 0.1) is 5.82 Å².